The second-order valence-corrected chi connectivity index (χ2v) is 3.17. The summed E-state index contributed by atoms with van der Waals surface area (Å²) in [5.41, 5.74) is 0.355. The third kappa shape index (κ3) is 5.48. The molecular formula is C10H17NO3. The monoisotopic (exact) mass is 199 g/mol. The maximum Gasteiger partial charge on any atom is 0.334 e. The Bertz CT molecular complexity index is 236. The molecule has 0 radical (unpaired) electrons. The van der Waals surface area contributed by atoms with Crippen molar-refractivity contribution in [1.29, 1.82) is 0 Å². The molecule has 4 nitrogen and oxygen atoms in total. The highest BCUT2D eigenvalue weighted by molar-refractivity contribution is 5.87. The molecular weight excluding hydrogens is 182 g/mol. The van der Waals surface area contributed by atoms with Gasteiger partial charge >= 0.3 is 5.97 Å². The van der Waals surface area contributed by atoms with Gasteiger partial charge in [0, 0.05) is 5.57 Å². The van der Waals surface area contributed by atoms with Gasteiger partial charge < -0.3 is 4.74 Å². The third-order valence-corrected chi connectivity index (χ3v) is 1.55. The molecule has 0 aromatic rings. The smallest absolute Gasteiger partial charge is 0.334 e. The number of ether oxygens (including phenoxy) is 1. The maximum absolute atomic E-state index is 11.1. The lowest BCUT2D eigenvalue weighted by atomic mass is 10.3. The van der Waals surface area contributed by atoms with Crippen LogP contribution in [0.1, 0.15) is 27.2 Å². The summed E-state index contributed by atoms with van der Waals surface area (Å²) >= 11 is 0. The van der Waals surface area contributed by atoms with Gasteiger partial charge in [-0.2, -0.15) is 0 Å². The molecule has 1 unspecified atom stereocenters. The molecule has 0 aromatic heterocycles. The van der Waals surface area contributed by atoms with E-state index in [1.165, 1.54) is 6.92 Å². The Hall–Kier alpha value is -1.16. The number of hydrogen-bond donors (Lipinski definition) is 1. The minimum atomic E-state index is -0.437. The highest BCUT2D eigenvalue weighted by Crippen LogP contribution is 1.99. The maximum atomic E-state index is 11.1. The molecule has 0 aromatic carbocycles. The number of nitrogens with one attached hydrogen (secondary N) is 1. The standard InChI is InChI=1S/C10H17NO3/c1-5-9(11-6-8(4)12)14-10(13)7(2)3/h9,11H,2,5-6H2,1,3-4H3. The first-order valence-electron chi connectivity index (χ1n) is 4.56. The van der Waals surface area contributed by atoms with Crippen molar-refractivity contribution in [3.05, 3.63) is 12.2 Å². The van der Waals surface area contributed by atoms with Gasteiger partial charge in [0.05, 0.1) is 6.54 Å². The Balaban J connectivity index is 3.96. The Labute approximate surface area is 84.3 Å². The second kappa shape index (κ2) is 6.32. The number of ketones is 1. The topological polar surface area (TPSA) is 55.4 Å². The van der Waals surface area contributed by atoms with Crippen molar-refractivity contribution >= 4 is 11.8 Å². The van der Waals surface area contributed by atoms with Crippen molar-refractivity contribution < 1.29 is 14.3 Å². The van der Waals surface area contributed by atoms with Crippen molar-refractivity contribution in [2.45, 2.75) is 33.4 Å². The van der Waals surface area contributed by atoms with Crippen molar-refractivity contribution in [3.63, 3.8) is 0 Å². The fraction of sp³-hybridized carbons (Fsp3) is 0.600. The van der Waals surface area contributed by atoms with Crippen molar-refractivity contribution in [1.82, 2.24) is 5.32 Å². The van der Waals surface area contributed by atoms with Gasteiger partial charge in [0.1, 0.15) is 5.78 Å². The molecule has 1 atom stereocenters. The summed E-state index contributed by atoms with van der Waals surface area (Å²) in [6.07, 6.45) is 0.204. The third-order valence-electron chi connectivity index (χ3n) is 1.55. The van der Waals surface area contributed by atoms with Crippen LogP contribution in [0.4, 0.5) is 0 Å². The van der Waals surface area contributed by atoms with Crippen LogP contribution in [0.15, 0.2) is 12.2 Å². The van der Waals surface area contributed by atoms with Gasteiger partial charge in [-0.3, -0.25) is 10.1 Å². The summed E-state index contributed by atoms with van der Waals surface area (Å²) in [5, 5.41) is 2.82. The molecule has 0 spiro atoms. The van der Waals surface area contributed by atoms with Gasteiger partial charge in [0.25, 0.3) is 0 Å². The van der Waals surface area contributed by atoms with Gasteiger partial charge in [-0.05, 0) is 20.3 Å². The number of carbonyl (C=O) groups is 2. The highest BCUT2D eigenvalue weighted by Gasteiger charge is 2.12. The summed E-state index contributed by atoms with van der Waals surface area (Å²) in [6, 6.07) is 0. The zero-order chi connectivity index (χ0) is 11.1. The molecule has 80 valence electrons. The molecule has 0 saturated heterocycles. The molecule has 0 aliphatic heterocycles. The fourth-order valence-electron chi connectivity index (χ4n) is 0.757. The lowest BCUT2D eigenvalue weighted by Crippen LogP contribution is -2.36. The average Bonchev–Trinajstić information content (AvgIpc) is 2.11. The number of rotatable bonds is 6. The van der Waals surface area contributed by atoms with Crippen LogP contribution in [0.25, 0.3) is 0 Å². The summed E-state index contributed by atoms with van der Waals surface area (Å²) in [5.74, 6) is -0.428. The number of hydrogen-bond acceptors (Lipinski definition) is 4. The molecule has 0 fully saturated rings. The number of Topliss-reactive ketones (excluding diaryl/α,β-unsaturated/α-hetero) is 1. The molecule has 0 amide bonds. The highest BCUT2D eigenvalue weighted by atomic mass is 16.6. The summed E-state index contributed by atoms with van der Waals surface area (Å²) in [4.78, 5) is 21.8. The lowest BCUT2D eigenvalue weighted by Gasteiger charge is -2.16. The molecule has 0 aliphatic carbocycles. The lowest BCUT2D eigenvalue weighted by molar-refractivity contribution is -0.146. The van der Waals surface area contributed by atoms with E-state index in [0.29, 0.717) is 12.0 Å². The van der Waals surface area contributed by atoms with Gasteiger partial charge in [-0.15, -0.1) is 0 Å². The van der Waals surface area contributed by atoms with Gasteiger partial charge in [-0.25, -0.2) is 4.79 Å². The molecule has 0 heterocycles. The minimum Gasteiger partial charge on any atom is -0.443 e. The van der Waals surface area contributed by atoms with E-state index in [1.807, 2.05) is 6.92 Å². The van der Waals surface area contributed by atoms with Gasteiger partial charge in [0.15, 0.2) is 6.23 Å². The Morgan fingerprint density at radius 2 is 2.00 bits per heavy atom. The van der Waals surface area contributed by atoms with Crippen molar-refractivity contribution in [3.8, 4) is 0 Å². The summed E-state index contributed by atoms with van der Waals surface area (Å²) in [6.45, 7) is 8.60. The van der Waals surface area contributed by atoms with E-state index < -0.39 is 12.2 Å². The van der Waals surface area contributed by atoms with Crippen LogP contribution in [-0.2, 0) is 14.3 Å². The van der Waals surface area contributed by atoms with E-state index in [0.717, 1.165) is 0 Å². The molecule has 0 saturated carbocycles. The predicted octanol–water partition coefficient (Wildman–Crippen LogP) is 1.02. The van der Waals surface area contributed by atoms with E-state index >= 15 is 0 Å². The molecule has 0 rings (SSSR count). The van der Waals surface area contributed by atoms with Crippen LogP contribution >= 0.6 is 0 Å². The van der Waals surface area contributed by atoms with Crippen LogP contribution in [0.3, 0.4) is 0 Å². The van der Waals surface area contributed by atoms with Crippen molar-refractivity contribution in [2.24, 2.45) is 0 Å². The summed E-state index contributed by atoms with van der Waals surface area (Å²) in [7, 11) is 0. The zero-order valence-corrected chi connectivity index (χ0v) is 8.92. The number of esters is 1. The fourth-order valence-corrected chi connectivity index (χ4v) is 0.757. The first-order valence-corrected chi connectivity index (χ1v) is 4.56. The van der Waals surface area contributed by atoms with E-state index in [4.69, 9.17) is 4.74 Å². The van der Waals surface area contributed by atoms with E-state index in [-0.39, 0.29) is 12.3 Å². The Morgan fingerprint density at radius 1 is 1.43 bits per heavy atom. The second-order valence-electron chi connectivity index (χ2n) is 3.17. The molecule has 4 heteroatoms. The first kappa shape index (κ1) is 12.8. The van der Waals surface area contributed by atoms with Crippen molar-refractivity contribution in [2.75, 3.05) is 6.54 Å². The van der Waals surface area contributed by atoms with Crippen LogP contribution in [0, 0.1) is 0 Å². The Morgan fingerprint density at radius 3 is 2.36 bits per heavy atom. The summed E-state index contributed by atoms with van der Waals surface area (Å²) < 4.78 is 5.01. The normalized spacial score (nSPS) is 11.9. The number of carbonyl (C=O) groups excluding carboxylic acids is 2. The van der Waals surface area contributed by atoms with E-state index in [2.05, 4.69) is 11.9 Å². The largest absolute Gasteiger partial charge is 0.443 e. The van der Waals surface area contributed by atoms with Crippen LogP contribution in [0.2, 0.25) is 0 Å². The first-order chi connectivity index (χ1) is 6.47. The molecule has 1 N–H and O–H groups in total. The van der Waals surface area contributed by atoms with E-state index in [1.54, 1.807) is 6.92 Å². The zero-order valence-electron chi connectivity index (χ0n) is 8.92. The van der Waals surface area contributed by atoms with Crippen LogP contribution in [-0.4, -0.2) is 24.5 Å². The minimum absolute atomic E-state index is 0.00910. The van der Waals surface area contributed by atoms with Crippen LogP contribution < -0.4 is 5.32 Å². The Kier molecular flexibility index (Phi) is 5.79. The SMILES string of the molecule is C=C(C)C(=O)OC(CC)NCC(C)=O. The van der Waals surface area contributed by atoms with Gasteiger partial charge in [0.2, 0.25) is 0 Å². The van der Waals surface area contributed by atoms with Gasteiger partial charge in [-0.1, -0.05) is 13.5 Å². The average molecular weight is 199 g/mol. The quantitative estimate of drug-likeness (QED) is 0.394. The molecule has 0 bridgehead atoms. The van der Waals surface area contributed by atoms with E-state index in [9.17, 15) is 9.59 Å². The predicted molar refractivity (Wildman–Crippen MR) is 53.7 cm³/mol. The molecule has 0 aliphatic rings. The molecule has 14 heavy (non-hydrogen) atoms. The van der Waals surface area contributed by atoms with Crippen LogP contribution in [0.5, 0.6) is 0 Å².